The molecule has 0 spiro atoms. The van der Waals surface area contributed by atoms with Crippen molar-refractivity contribution < 1.29 is 14.0 Å². The summed E-state index contributed by atoms with van der Waals surface area (Å²) in [5.41, 5.74) is 5.67. The van der Waals surface area contributed by atoms with Crippen LogP contribution >= 0.6 is 0 Å². The highest BCUT2D eigenvalue weighted by Crippen LogP contribution is 2.23. The van der Waals surface area contributed by atoms with E-state index in [1.54, 1.807) is 16.9 Å². The van der Waals surface area contributed by atoms with Crippen molar-refractivity contribution in [1.82, 2.24) is 19.6 Å². The quantitative estimate of drug-likeness (QED) is 0.251. The van der Waals surface area contributed by atoms with Gasteiger partial charge in [0.2, 0.25) is 0 Å². The number of imidazole rings is 1. The van der Waals surface area contributed by atoms with Gasteiger partial charge in [0.05, 0.1) is 37.7 Å². The third-order valence-corrected chi connectivity index (χ3v) is 7.31. The van der Waals surface area contributed by atoms with Crippen LogP contribution in [0.5, 0.6) is 0 Å². The zero-order valence-corrected chi connectivity index (χ0v) is 22.5. The van der Waals surface area contributed by atoms with Crippen molar-refractivity contribution >= 4 is 23.1 Å². The number of likely N-dealkylation sites (N-methyl/N-ethyl adjacent to an activating group) is 1. The molecule has 1 aliphatic heterocycles. The van der Waals surface area contributed by atoms with Gasteiger partial charge in [-0.15, -0.1) is 0 Å². The van der Waals surface area contributed by atoms with Crippen molar-refractivity contribution in [3.05, 3.63) is 108 Å². The molecule has 0 unspecified atom stereocenters. The maximum absolute atomic E-state index is 13.1. The molecule has 6 rings (SSSR count). The third-order valence-electron chi connectivity index (χ3n) is 7.31. The average Bonchev–Trinajstić information content (AvgIpc) is 3.42. The lowest BCUT2D eigenvalue weighted by molar-refractivity contribution is -0.837. The van der Waals surface area contributed by atoms with E-state index in [-0.39, 0.29) is 5.91 Å². The van der Waals surface area contributed by atoms with Crippen LogP contribution in [0.4, 0.5) is 11.5 Å². The number of aromatic nitrogens is 4. The minimum Gasteiger partial charge on any atom is -0.370 e. The van der Waals surface area contributed by atoms with Crippen LogP contribution in [0.1, 0.15) is 21.6 Å². The number of ether oxygens (including phenoxy) is 1. The Morgan fingerprint density at radius 1 is 0.950 bits per heavy atom. The molecule has 1 fully saturated rings. The van der Waals surface area contributed by atoms with Crippen LogP contribution in [-0.4, -0.2) is 70.4 Å². The number of nitrogens with zero attached hydrogens (tertiary/aromatic N) is 6. The van der Waals surface area contributed by atoms with Crippen LogP contribution in [0.2, 0.25) is 0 Å². The van der Waals surface area contributed by atoms with Crippen LogP contribution < -0.4 is 4.90 Å². The van der Waals surface area contributed by atoms with E-state index in [9.17, 15) is 4.79 Å². The van der Waals surface area contributed by atoms with Gasteiger partial charge >= 0.3 is 5.91 Å². The lowest BCUT2D eigenvalue weighted by Crippen LogP contribution is -2.55. The Hall–Kier alpha value is -4.84. The molecule has 198 valence electrons. The number of carbonyl (C=O) groups is 1. The van der Waals surface area contributed by atoms with E-state index in [4.69, 9.17) is 9.84 Å². The van der Waals surface area contributed by atoms with Crippen molar-refractivity contribution in [2.75, 3.05) is 45.3 Å². The van der Waals surface area contributed by atoms with Gasteiger partial charge in [0, 0.05) is 30.1 Å². The topological polar surface area (TPSA) is 72.6 Å². The fourth-order valence-electron chi connectivity index (χ4n) is 4.76. The molecule has 0 saturated carbocycles. The summed E-state index contributed by atoms with van der Waals surface area (Å²) >= 11 is 0. The van der Waals surface area contributed by atoms with Gasteiger partial charge in [0.25, 0.3) is 0 Å². The first-order valence-corrected chi connectivity index (χ1v) is 13.2. The Labute approximate surface area is 233 Å². The van der Waals surface area contributed by atoms with Gasteiger partial charge in [0.1, 0.15) is 24.6 Å². The summed E-state index contributed by atoms with van der Waals surface area (Å²) in [6.45, 7) is 2.59. The molecule has 8 nitrogen and oxygen atoms in total. The van der Waals surface area contributed by atoms with Gasteiger partial charge in [0.15, 0.2) is 5.65 Å². The van der Waals surface area contributed by atoms with E-state index < -0.39 is 0 Å². The number of anilines is 2. The van der Waals surface area contributed by atoms with Crippen LogP contribution in [0.25, 0.3) is 16.9 Å². The van der Waals surface area contributed by atoms with E-state index in [0.717, 1.165) is 28.3 Å². The van der Waals surface area contributed by atoms with E-state index in [0.29, 0.717) is 47.7 Å². The molecule has 4 heterocycles. The second-order valence-corrected chi connectivity index (χ2v) is 10.0. The molecule has 3 aromatic heterocycles. The van der Waals surface area contributed by atoms with Crippen molar-refractivity contribution in [3.8, 4) is 23.1 Å². The van der Waals surface area contributed by atoms with E-state index in [1.807, 2.05) is 97.9 Å². The number of fused-ring (bicyclic) bond motifs is 1. The highest BCUT2D eigenvalue weighted by Gasteiger charge is 2.34. The molecule has 40 heavy (non-hydrogen) atoms. The Morgan fingerprint density at radius 2 is 1.73 bits per heavy atom. The van der Waals surface area contributed by atoms with Crippen LogP contribution in [-0.2, 0) is 4.74 Å². The number of quaternary nitrogens is 1. The third kappa shape index (κ3) is 5.08. The summed E-state index contributed by atoms with van der Waals surface area (Å²) in [4.78, 5) is 24.1. The van der Waals surface area contributed by atoms with Gasteiger partial charge in [-0.1, -0.05) is 36.3 Å². The number of para-hydroxylation sites is 1. The maximum atomic E-state index is 13.1. The Kier molecular flexibility index (Phi) is 6.83. The van der Waals surface area contributed by atoms with Crippen molar-refractivity contribution in [3.63, 3.8) is 0 Å². The van der Waals surface area contributed by atoms with E-state index in [1.165, 1.54) is 0 Å². The standard InChI is InChI=1S/C32H29N6O2/c1-36(27-6-4-3-5-7-27)31-22-24(16-17-33-31)8-13-28-23-34-30-15-14-29(35-37(28)30)25-9-11-26(12-10-25)32(39)38(2)18-20-40-21-19-38/h3-7,9-12,14-17,22-23H,18-21H2,1-2H3/q+1. The van der Waals surface area contributed by atoms with E-state index >= 15 is 0 Å². The predicted molar refractivity (Wildman–Crippen MR) is 154 cm³/mol. The molecule has 5 aromatic rings. The lowest BCUT2D eigenvalue weighted by atomic mass is 10.1. The number of morpholine rings is 1. The molecule has 1 saturated heterocycles. The first-order valence-electron chi connectivity index (χ1n) is 13.2. The minimum atomic E-state index is 0.111. The summed E-state index contributed by atoms with van der Waals surface area (Å²) in [7, 11) is 3.96. The number of amides is 1. The number of hydrogen-bond acceptors (Lipinski definition) is 6. The fourth-order valence-corrected chi connectivity index (χ4v) is 4.76. The summed E-state index contributed by atoms with van der Waals surface area (Å²) in [5, 5.41) is 4.81. The molecule has 0 N–H and O–H groups in total. The number of hydrogen-bond donors (Lipinski definition) is 0. The monoisotopic (exact) mass is 529 g/mol. The molecular formula is C32H29N6O2+. The zero-order valence-electron chi connectivity index (χ0n) is 22.5. The minimum absolute atomic E-state index is 0.111. The smallest absolute Gasteiger partial charge is 0.345 e. The normalized spacial score (nSPS) is 14.3. The van der Waals surface area contributed by atoms with Gasteiger partial charge < -0.3 is 9.64 Å². The number of pyridine rings is 1. The molecule has 2 aromatic carbocycles. The SMILES string of the molecule is CN(c1ccccc1)c1cc(C#Cc2cnc3ccc(-c4ccc(C(=O)[N+]5(C)CCOCC5)cc4)nn23)ccn1. The summed E-state index contributed by atoms with van der Waals surface area (Å²) in [6.07, 6.45) is 3.49. The van der Waals surface area contributed by atoms with Gasteiger partial charge in [-0.05, 0) is 54.5 Å². The van der Waals surface area contributed by atoms with Crippen molar-refractivity contribution in [2.45, 2.75) is 0 Å². The molecule has 0 radical (unpaired) electrons. The van der Waals surface area contributed by atoms with Crippen LogP contribution in [0.3, 0.4) is 0 Å². The van der Waals surface area contributed by atoms with Crippen LogP contribution in [0.15, 0.2) is 91.3 Å². The molecule has 1 amide bonds. The molecule has 0 bridgehead atoms. The van der Waals surface area contributed by atoms with Gasteiger partial charge in [-0.25, -0.2) is 19.3 Å². The maximum Gasteiger partial charge on any atom is 0.345 e. The number of rotatable bonds is 4. The number of carbonyl (C=O) groups excluding carboxylic acids is 1. The van der Waals surface area contributed by atoms with Crippen molar-refractivity contribution in [1.29, 1.82) is 0 Å². The Bertz CT molecular complexity index is 1730. The Balaban J connectivity index is 1.24. The molecule has 1 aliphatic rings. The van der Waals surface area contributed by atoms with Gasteiger partial charge in [-0.3, -0.25) is 4.48 Å². The summed E-state index contributed by atoms with van der Waals surface area (Å²) in [5.74, 6) is 7.37. The largest absolute Gasteiger partial charge is 0.370 e. The number of benzene rings is 2. The molecule has 8 heteroatoms. The molecule has 0 atom stereocenters. The fraction of sp³-hybridized carbons (Fsp3) is 0.188. The first-order chi connectivity index (χ1) is 19.5. The Morgan fingerprint density at radius 3 is 2.50 bits per heavy atom. The second kappa shape index (κ2) is 10.7. The van der Waals surface area contributed by atoms with Crippen molar-refractivity contribution in [2.24, 2.45) is 0 Å². The molecular weight excluding hydrogens is 500 g/mol. The second-order valence-electron chi connectivity index (χ2n) is 10.0. The first kappa shape index (κ1) is 25.4. The van der Waals surface area contributed by atoms with Gasteiger partial charge in [-0.2, -0.15) is 5.10 Å². The lowest BCUT2D eigenvalue weighted by Gasteiger charge is -2.34. The highest BCUT2D eigenvalue weighted by atomic mass is 16.5. The zero-order chi connectivity index (χ0) is 27.5. The molecule has 0 aliphatic carbocycles. The van der Waals surface area contributed by atoms with E-state index in [2.05, 4.69) is 21.8 Å². The summed E-state index contributed by atoms with van der Waals surface area (Å²) < 4.78 is 7.55. The van der Waals surface area contributed by atoms with Crippen LogP contribution in [0, 0.1) is 11.8 Å². The highest BCUT2D eigenvalue weighted by molar-refractivity contribution is 5.89. The average molecular weight is 530 g/mol. The predicted octanol–water partition coefficient (Wildman–Crippen LogP) is 4.58. The summed E-state index contributed by atoms with van der Waals surface area (Å²) in [6, 6.07) is 25.4.